The summed E-state index contributed by atoms with van der Waals surface area (Å²) in [5.74, 6) is 0.0628. The van der Waals surface area contributed by atoms with Gasteiger partial charge in [-0.1, -0.05) is 63.6 Å². The van der Waals surface area contributed by atoms with Crippen molar-refractivity contribution in [3.05, 3.63) is 63.1 Å². The number of rotatable bonds is 8. The number of hydrogen-bond donors (Lipinski definition) is 1. The number of halogens is 2. The average molecular weight is 510 g/mol. The standard InChI is InChI=1S/C24H30BrClN2O3/c1-6-20(23(30)27-5)28(14-16-9-7-8-10-19(16)26)22(29)15-31-21-12-11-17(13-18(21)25)24(2,3)4/h7-13,20H,6,14-15H2,1-5H3,(H,27,30)/t20-/m1/s1. The molecule has 0 saturated carbocycles. The van der Waals surface area contributed by atoms with Crippen molar-refractivity contribution in [1.82, 2.24) is 10.2 Å². The first-order valence-corrected chi connectivity index (χ1v) is 11.4. The van der Waals surface area contributed by atoms with E-state index in [9.17, 15) is 9.59 Å². The van der Waals surface area contributed by atoms with Gasteiger partial charge >= 0.3 is 0 Å². The van der Waals surface area contributed by atoms with Crippen LogP contribution in [-0.2, 0) is 21.5 Å². The molecule has 0 radical (unpaired) electrons. The summed E-state index contributed by atoms with van der Waals surface area (Å²) in [5.41, 5.74) is 1.93. The quantitative estimate of drug-likeness (QED) is 0.523. The minimum absolute atomic E-state index is 0.00445. The topological polar surface area (TPSA) is 58.6 Å². The number of carbonyl (C=O) groups excluding carboxylic acids is 2. The number of hydrogen-bond acceptors (Lipinski definition) is 3. The molecule has 0 fully saturated rings. The lowest BCUT2D eigenvalue weighted by atomic mass is 9.87. The maximum atomic E-state index is 13.2. The van der Waals surface area contributed by atoms with Crippen LogP contribution in [0.2, 0.25) is 5.02 Å². The SMILES string of the molecule is CC[C@H](C(=O)NC)N(Cc1ccccc1Cl)C(=O)COc1ccc(C(C)(C)C)cc1Br. The molecule has 7 heteroatoms. The number of ether oxygens (including phenoxy) is 1. The second-order valence-corrected chi connectivity index (χ2v) is 9.60. The molecule has 0 aliphatic carbocycles. The van der Waals surface area contributed by atoms with Crippen LogP contribution in [0.5, 0.6) is 5.75 Å². The Morgan fingerprint density at radius 1 is 1.19 bits per heavy atom. The summed E-state index contributed by atoms with van der Waals surface area (Å²) in [6.45, 7) is 8.30. The second-order valence-electron chi connectivity index (χ2n) is 8.34. The van der Waals surface area contributed by atoms with E-state index in [1.165, 1.54) is 4.90 Å². The van der Waals surface area contributed by atoms with Crippen molar-refractivity contribution in [3.8, 4) is 5.75 Å². The van der Waals surface area contributed by atoms with Crippen LogP contribution >= 0.6 is 27.5 Å². The van der Waals surface area contributed by atoms with Gasteiger partial charge in [-0.05, 0) is 57.1 Å². The summed E-state index contributed by atoms with van der Waals surface area (Å²) in [4.78, 5) is 27.1. The lowest BCUT2D eigenvalue weighted by Gasteiger charge is -2.30. The molecule has 5 nitrogen and oxygen atoms in total. The molecule has 31 heavy (non-hydrogen) atoms. The molecule has 0 unspecified atom stereocenters. The van der Waals surface area contributed by atoms with E-state index in [-0.39, 0.29) is 30.4 Å². The Morgan fingerprint density at radius 3 is 2.42 bits per heavy atom. The van der Waals surface area contributed by atoms with Crippen molar-refractivity contribution < 1.29 is 14.3 Å². The van der Waals surface area contributed by atoms with E-state index in [0.29, 0.717) is 17.2 Å². The molecule has 1 N–H and O–H groups in total. The van der Waals surface area contributed by atoms with E-state index in [1.807, 2.05) is 43.3 Å². The lowest BCUT2D eigenvalue weighted by Crippen LogP contribution is -2.49. The highest BCUT2D eigenvalue weighted by Crippen LogP contribution is 2.31. The zero-order chi connectivity index (χ0) is 23.2. The van der Waals surface area contributed by atoms with Crippen LogP contribution in [-0.4, -0.2) is 36.4 Å². The third kappa shape index (κ3) is 6.71. The number of nitrogens with one attached hydrogen (secondary N) is 1. The summed E-state index contributed by atoms with van der Waals surface area (Å²) in [5, 5.41) is 3.19. The Hall–Kier alpha value is -2.05. The van der Waals surface area contributed by atoms with Crippen molar-refractivity contribution in [2.45, 2.75) is 52.1 Å². The Bertz CT molecular complexity index is 927. The summed E-state index contributed by atoms with van der Waals surface area (Å²) < 4.78 is 6.60. The van der Waals surface area contributed by atoms with Crippen LogP contribution in [0.1, 0.15) is 45.2 Å². The summed E-state index contributed by atoms with van der Waals surface area (Å²) in [6.07, 6.45) is 0.472. The van der Waals surface area contributed by atoms with Gasteiger partial charge in [0.1, 0.15) is 11.8 Å². The van der Waals surface area contributed by atoms with Crippen LogP contribution in [0.25, 0.3) is 0 Å². The van der Waals surface area contributed by atoms with Gasteiger partial charge < -0.3 is 15.0 Å². The van der Waals surface area contributed by atoms with Crippen molar-refractivity contribution in [1.29, 1.82) is 0 Å². The Kier molecular flexibility index (Phi) is 8.95. The molecule has 0 heterocycles. The van der Waals surface area contributed by atoms with E-state index >= 15 is 0 Å². The molecule has 0 aliphatic rings. The molecule has 0 aromatic heterocycles. The molecule has 168 valence electrons. The van der Waals surface area contributed by atoms with Crippen LogP contribution in [0, 0.1) is 0 Å². The monoisotopic (exact) mass is 508 g/mol. The predicted octanol–water partition coefficient (Wildman–Crippen LogP) is 5.33. The summed E-state index contributed by atoms with van der Waals surface area (Å²) >= 11 is 9.84. The molecular weight excluding hydrogens is 480 g/mol. The van der Waals surface area contributed by atoms with Crippen LogP contribution in [0.3, 0.4) is 0 Å². The molecule has 2 aromatic carbocycles. The third-order valence-electron chi connectivity index (χ3n) is 5.08. The fraction of sp³-hybridized carbons (Fsp3) is 0.417. The van der Waals surface area contributed by atoms with Crippen LogP contribution < -0.4 is 10.1 Å². The molecule has 2 rings (SSSR count). The van der Waals surface area contributed by atoms with Crippen molar-refractivity contribution in [2.24, 2.45) is 0 Å². The second kappa shape index (κ2) is 11.0. The largest absolute Gasteiger partial charge is 0.483 e. The summed E-state index contributed by atoms with van der Waals surface area (Å²) in [6, 6.07) is 12.5. The van der Waals surface area contributed by atoms with E-state index in [4.69, 9.17) is 16.3 Å². The smallest absolute Gasteiger partial charge is 0.261 e. The molecular formula is C24H30BrClN2O3. The molecule has 0 bridgehead atoms. The highest BCUT2D eigenvalue weighted by Gasteiger charge is 2.29. The zero-order valence-electron chi connectivity index (χ0n) is 18.7. The number of amides is 2. The van der Waals surface area contributed by atoms with Gasteiger partial charge in [-0.2, -0.15) is 0 Å². The maximum absolute atomic E-state index is 13.2. The van der Waals surface area contributed by atoms with Gasteiger partial charge in [0.25, 0.3) is 5.91 Å². The zero-order valence-corrected chi connectivity index (χ0v) is 21.0. The van der Waals surface area contributed by atoms with E-state index in [2.05, 4.69) is 42.0 Å². The fourth-order valence-corrected chi connectivity index (χ4v) is 3.89. The molecule has 0 spiro atoms. The molecule has 0 aliphatic heterocycles. The molecule has 0 saturated heterocycles. The van der Waals surface area contributed by atoms with E-state index < -0.39 is 6.04 Å². The first-order valence-electron chi connectivity index (χ1n) is 10.3. The minimum atomic E-state index is -0.621. The number of carbonyl (C=O) groups is 2. The maximum Gasteiger partial charge on any atom is 0.261 e. The predicted molar refractivity (Wildman–Crippen MR) is 128 cm³/mol. The number of likely N-dealkylation sites (N-methyl/N-ethyl adjacent to an activating group) is 1. The van der Waals surface area contributed by atoms with Crippen LogP contribution in [0.15, 0.2) is 46.9 Å². The van der Waals surface area contributed by atoms with Gasteiger partial charge in [-0.3, -0.25) is 9.59 Å². The van der Waals surface area contributed by atoms with Gasteiger partial charge in [-0.15, -0.1) is 0 Å². The van der Waals surface area contributed by atoms with E-state index in [1.54, 1.807) is 13.1 Å². The summed E-state index contributed by atoms with van der Waals surface area (Å²) in [7, 11) is 1.56. The highest BCUT2D eigenvalue weighted by atomic mass is 79.9. The third-order valence-corrected chi connectivity index (χ3v) is 6.07. The molecule has 1 atom stereocenters. The van der Waals surface area contributed by atoms with Crippen molar-refractivity contribution in [2.75, 3.05) is 13.7 Å². The van der Waals surface area contributed by atoms with Gasteiger partial charge in [0.05, 0.1) is 4.47 Å². The fourth-order valence-electron chi connectivity index (χ4n) is 3.20. The van der Waals surface area contributed by atoms with Crippen molar-refractivity contribution in [3.63, 3.8) is 0 Å². The van der Waals surface area contributed by atoms with Crippen LogP contribution in [0.4, 0.5) is 0 Å². The number of nitrogens with zero attached hydrogens (tertiary/aromatic N) is 1. The normalized spacial score (nSPS) is 12.2. The highest BCUT2D eigenvalue weighted by molar-refractivity contribution is 9.10. The first-order chi connectivity index (χ1) is 14.6. The van der Waals surface area contributed by atoms with Gasteiger partial charge in [-0.25, -0.2) is 0 Å². The van der Waals surface area contributed by atoms with E-state index in [0.717, 1.165) is 15.6 Å². The Morgan fingerprint density at radius 2 is 1.87 bits per heavy atom. The lowest BCUT2D eigenvalue weighted by molar-refractivity contribution is -0.142. The number of benzene rings is 2. The molecule has 2 aromatic rings. The van der Waals surface area contributed by atoms with Gasteiger partial charge in [0.2, 0.25) is 5.91 Å². The molecule has 2 amide bonds. The van der Waals surface area contributed by atoms with Gasteiger partial charge in [0, 0.05) is 18.6 Å². The Labute approximate surface area is 198 Å². The first kappa shape index (κ1) is 25.2. The van der Waals surface area contributed by atoms with Gasteiger partial charge in [0.15, 0.2) is 6.61 Å². The Balaban J connectivity index is 2.23. The van der Waals surface area contributed by atoms with Crippen molar-refractivity contribution >= 4 is 39.3 Å². The minimum Gasteiger partial charge on any atom is -0.483 e. The average Bonchev–Trinajstić information content (AvgIpc) is 2.72.